The Bertz CT molecular complexity index is 821. The van der Waals surface area contributed by atoms with Crippen molar-refractivity contribution < 1.29 is 14.3 Å². The fourth-order valence-electron chi connectivity index (χ4n) is 2.39. The van der Waals surface area contributed by atoms with Gasteiger partial charge in [-0.05, 0) is 38.0 Å². The molecule has 0 atom stereocenters. The highest BCUT2D eigenvalue weighted by Gasteiger charge is 2.26. The monoisotopic (exact) mass is 333 g/mol. The number of rotatable bonds is 5. The van der Waals surface area contributed by atoms with Crippen molar-refractivity contribution in [2.75, 3.05) is 0 Å². The average Bonchev–Trinajstić information content (AvgIpc) is 2.51. The van der Waals surface area contributed by atoms with Gasteiger partial charge in [-0.25, -0.2) is 9.37 Å². The smallest absolute Gasteiger partial charge is 0.296 e. The molecule has 0 amide bonds. The van der Waals surface area contributed by atoms with Crippen molar-refractivity contribution >= 4 is 5.78 Å². The number of ketones is 1. The molecule has 2 aromatic rings. The number of hydrogen-bond donors (Lipinski definition) is 2. The second kappa shape index (κ2) is 6.52. The van der Waals surface area contributed by atoms with E-state index in [1.54, 1.807) is 26.0 Å². The molecule has 0 aliphatic heterocycles. The first-order valence-electron chi connectivity index (χ1n) is 7.48. The highest BCUT2D eigenvalue weighted by atomic mass is 19.1. The molecule has 1 aromatic heterocycles. The summed E-state index contributed by atoms with van der Waals surface area (Å²) in [4.78, 5) is 28.6. The summed E-state index contributed by atoms with van der Waals surface area (Å²) in [5.41, 5.74) is 4.79. The van der Waals surface area contributed by atoms with Gasteiger partial charge in [0.2, 0.25) is 5.75 Å². The van der Waals surface area contributed by atoms with E-state index in [2.05, 4.69) is 4.98 Å². The quantitative estimate of drug-likeness (QED) is 0.811. The molecule has 6 nitrogen and oxygen atoms in total. The Morgan fingerprint density at radius 3 is 2.46 bits per heavy atom. The molecule has 0 spiro atoms. The van der Waals surface area contributed by atoms with Crippen LogP contribution in [0.3, 0.4) is 0 Å². The van der Waals surface area contributed by atoms with Gasteiger partial charge < -0.3 is 10.8 Å². The van der Waals surface area contributed by atoms with E-state index in [0.29, 0.717) is 6.42 Å². The number of Topliss-reactive ketones (excluding diaryl/α,β-unsaturated/α-hetero) is 1. The molecule has 0 aliphatic rings. The van der Waals surface area contributed by atoms with E-state index in [9.17, 15) is 19.1 Å². The number of aryl methyl sites for hydroxylation is 1. The summed E-state index contributed by atoms with van der Waals surface area (Å²) in [5, 5.41) is 9.97. The van der Waals surface area contributed by atoms with E-state index in [4.69, 9.17) is 5.73 Å². The number of hydrogen-bond acceptors (Lipinski definition) is 5. The molecule has 0 bridgehead atoms. The molecule has 0 radical (unpaired) electrons. The molecule has 24 heavy (non-hydrogen) atoms. The third kappa shape index (κ3) is 3.68. The van der Waals surface area contributed by atoms with Gasteiger partial charge in [0.15, 0.2) is 11.5 Å². The van der Waals surface area contributed by atoms with Crippen LogP contribution in [0.1, 0.15) is 42.1 Å². The number of halogens is 1. The lowest BCUT2D eigenvalue weighted by atomic mass is 10.0. The Balaban J connectivity index is 2.30. The van der Waals surface area contributed by atoms with Crippen LogP contribution in [-0.4, -0.2) is 20.4 Å². The molecule has 2 rings (SSSR count). The van der Waals surface area contributed by atoms with Crippen LogP contribution in [0, 0.1) is 5.82 Å². The zero-order valence-corrected chi connectivity index (χ0v) is 13.8. The van der Waals surface area contributed by atoms with Gasteiger partial charge >= 0.3 is 0 Å². The normalized spacial score (nSPS) is 11.5. The Hall–Kier alpha value is -2.54. The van der Waals surface area contributed by atoms with Crippen molar-refractivity contribution in [2.24, 2.45) is 12.8 Å². The first kappa shape index (κ1) is 17.8. The standard InChI is InChI=1S/C17H20FN3O3/c1-17(2,19)16-20-13(14(23)15(24)21(16)3)12(22)9-6-10-4-7-11(18)8-5-10/h4-5,7-8,23H,6,9,19H2,1-3H3. The van der Waals surface area contributed by atoms with Gasteiger partial charge in [-0.1, -0.05) is 12.1 Å². The summed E-state index contributed by atoms with van der Waals surface area (Å²) in [6, 6.07) is 5.77. The van der Waals surface area contributed by atoms with E-state index in [1.807, 2.05) is 0 Å². The molecule has 1 aromatic carbocycles. The summed E-state index contributed by atoms with van der Waals surface area (Å²) in [6.45, 7) is 3.30. The number of benzene rings is 1. The van der Waals surface area contributed by atoms with Gasteiger partial charge in [0.25, 0.3) is 5.56 Å². The van der Waals surface area contributed by atoms with Crippen LogP contribution < -0.4 is 11.3 Å². The van der Waals surface area contributed by atoms with E-state index in [1.165, 1.54) is 19.2 Å². The van der Waals surface area contributed by atoms with Crippen molar-refractivity contribution in [3.05, 3.63) is 57.5 Å². The van der Waals surface area contributed by atoms with Crippen LogP contribution in [0.4, 0.5) is 4.39 Å². The Morgan fingerprint density at radius 2 is 1.92 bits per heavy atom. The summed E-state index contributed by atoms with van der Waals surface area (Å²) < 4.78 is 14.0. The third-order valence-electron chi connectivity index (χ3n) is 3.66. The largest absolute Gasteiger partial charge is 0.501 e. The second-order valence-corrected chi connectivity index (χ2v) is 6.27. The Morgan fingerprint density at radius 1 is 1.33 bits per heavy atom. The lowest BCUT2D eigenvalue weighted by Gasteiger charge is -2.21. The molecule has 3 N–H and O–H groups in total. The number of carbonyl (C=O) groups is 1. The van der Waals surface area contributed by atoms with Crippen molar-refractivity contribution in [2.45, 2.75) is 32.2 Å². The number of aromatic hydroxyl groups is 1. The SMILES string of the molecule is Cn1c(C(C)(C)N)nc(C(=O)CCc2ccc(F)cc2)c(O)c1=O. The van der Waals surface area contributed by atoms with Crippen LogP contribution >= 0.6 is 0 Å². The summed E-state index contributed by atoms with van der Waals surface area (Å²) in [6.07, 6.45) is 0.376. The van der Waals surface area contributed by atoms with Crippen LogP contribution in [0.25, 0.3) is 0 Å². The highest BCUT2D eigenvalue weighted by molar-refractivity contribution is 5.96. The van der Waals surface area contributed by atoms with Gasteiger partial charge in [-0.15, -0.1) is 0 Å². The molecular formula is C17H20FN3O3. The van der Waals surface area contributed by atoms with Gasteiger partial charge in [0.1, 0.15) is 11.6 Å². The highest BCUT2D eigenvalue weighted by Crippen LogP contribution is 2.19. The van der Waals surface area contributed by atoms with E-state index in [-0.39, 0.29) is 23.8 Å². The van der Waals surface area contributed by atoms with Crippen molar-refractivity contribution in [3.63, 3.8) is 0 Å². The fourth-order valence-corrected chi connectivity index (χ4v) is 2.39. The lowest BCUT2D eigenvalue weighted by molar-refractivity contribution is 0.0973. The molecule has 1 heterocycles. The zero-order chi connectivity index (χ0) is 18.1. The first-order valence-corrected chi connectivity index (χ1v) is 7.48. The van der Waals surface area contributed by atoms with E-state index in [0.717, 1.165) is 10.1 Å². The average molecular weight is 333 g/mol. The number of aromatic nitrogens is 2. The molecule has 128 valence electrons. The minimum atomic E-state index is -0.951. The Kier molecular flexibility index (Phi) is 4.84. The minimum Gasteiger partial charge on any atom is -0.501 e. The molecule has 7 heteroatoms. The van der Waals surface area contributed by atoms with Gasteiger partial charge in [0, 0.05) is 13.5 Å². The van der Waals surface area contributed by atoms with Crippen LogP contribution in [0.15, 0.2) is 29.1 Å². The van der Waals surface area contributed by atoms with E-state index < -0.39 is 22.6 Å². The molecule has 0 unspecified atom stereocenters. The number of nitrogens with zero attached hydrogens (tertiary/aromatic N) is 2. The first-order chi connectivity index (χ1) is 11.1. The summed E-state index contributed by atoms with van der Waals surface area (Å²) >= 11 is 0. The maximum Gasteiger partial charge on any atom is 0.296 e. The fraction of sp³-hybridized carbons (Fsp3) is 0.353. The van der Waals surface area contributed by atoms with E-state index >= 15 is 0 Å². The van der Waals surface area contributed by atoms with Crippen LogP contribution in [-0.2, 0) is 19.0 Å². The van der Waals surface area contributed by atoms with Gasteiger partial charge in [0.05, 0.1) is 5.54 Å². The van der Waals surface area contributed by atoms with Crippen LogP contribution in [0.5, 0.6) is 5.75 Å². The molecule has 0 saturated heterocycles. The Labute approximate surface area is 138 Å². The number of nitrogens with two attached hydrogens (primary N) is 1. The minimum absolute atomic E-state index is 0.0315. The van der Waals surface area contributed by atoms with Crippen molar-refractivity contribution in [1.29, 1.82) is 0 Å². The lowest BCUT2D eigenvalue weighted by Crippen LogP contribution is -2.38. The molecule has 0 saturated carbocycles. The zero-order valence-electron chi connectivity index (χ0n) is 13.8. The predicted octanol–water partition coefficient (Wildman–Crippen LogP) is 1.63. The topological polar surface area (TPSA) is 98.2 Å². The maximum absolute atomic E-state index is 12.9. The van der Waals surface area contributed by atoms with Crippen molar-refractivity contribution in [1.82, 2.24) is 9.55 Å². The summed E-state index contributed by atoms with van der Waals surface area (Å²) in [7, 11) is 1.44. The molecule has 0 aliphatic carbocycles. The van der Waals surface area contributed by atoms with Crippen molar-refractivity contribution in [3.8, 4) is 5.75 Å². The predicted molar refractivity (Wildman–Crippen MR) is 87.4 cm³/mol. The maximum atomic E-state index is 12.9. The molecule has 0 fully saturated rings. The number of carbonyl (C=O) groups excluding carboxylic acids is 1. The summed E-state index contributed by atoms with van der Waals surface area (Å²) in [5.74, 6) is -1.31. The third-order valence-corrected chi connectivity index (χ3v) is 3.66. The van der Waals surface area contributed by atoms with Crippen LogP contribution in [0.2, 0.25) is 0 Å². The molecular weight excluding hydrogens is 313 g/mol. The second-order valence-electron chi connectivity index (χ2n) is 6.27. The van der Waals surface area contributed by atoms with Gasteiger partial charge in [-0.3, -0.25) is 14.2 Å². The van der Waals surface area contributed by atoms with Gasteiger partial charge in [-0.2, -0.15) is 0 Å².